The number of hydrogen-bond donors (Lipinski definition) is 1. The summed E-state index contributed by atoms with van der Waals surface area (Å²) in [5, 5.41) is 3.10. The molecule has 0 saturated heterocycles. The number of rotatable bonds is 6. The van der Waals surface area contributed by atoms with E-state index >= 15 is 0 Å². The molecule has 0 unspecified atom stereocenters. The van der Waals surface area contributed by atoms with Gasteiger partial charge < -0.3 is 14.5 Å². The van der Waals surface area contributed by atoms with E-state index in [1.807, 2.05) is 6.92 Å². The van der Waals surface area contributed by atoms with Crippen molar-refractivity contribution >= 4 is 0 Å². The number of aryl methyl sites for hydroxylation is 1. The number of nitrogens with one attached hydrogen (secondary N) is 1. The molecule has 0 spiro atoms. The Bertz CT molecular complexity index is 540. The zero-order valence-corrected chi connectivity index (χ0v) is 11.1. The molecule has 0 bridgehead atoms. The zero-order chi connectivity index (χ0) is 13.7. The van der Waals surface area contributed by atoms with Crippen LogP contribution in [0.1, 0.15) is 24.1 Å². The van der Waals surface area contributed by atoms with E-state index in [1.54, 1.807) is 18.3 Å². The summed E-state index contributed by atoms with van der Waals surface area (Å²) >= 11 is 0. The van der Waals surface area contributed by atoms with Gasteiger partial charge in [0.15, 0.2) is 0 Å². The minimum Gasteiger partial charge on any atom is -0.497 e. The van der Waals surface area contributed by atoms with Crippen molar-refractivity contribution in [2.45, 2.75) is 26.4 Å². The predicted molar refractivity (Wildman–Crippen MR) is 69.4 cm³/mol. The molecule has 2 rings (SSSR count). The van der Waals surface area contributed by atoms with Crippen molar-refractivity contribution in [2.75, 3.05) is 7.11 Å². The van der Waals surface area contributed by atoms with Crippen molar-refractivity contribution in [2.24, 2.45) is 0 Å². The number of oxazole rings is 1. The van der Waals surface area contributed by atoms with Gasteiger partial charge in [0, 0.05) is 24.6 Å². The fourth-order valence-electron chi connectivity index (χ4n) is 1.70. The molecule has 1 aromatic carbocycles. The van der Waals surface area contributed by atoms with Crippen molar-refractivity contribution in [3.63, 3.8) is 0 Å². The summed E-state index contributed by atoms with van der Waals surface area (Å²) in [7, 11) is 1.51. The first-order valence-corrected chi connectivity index (χ1v) is 6.19. The normalized spacial score (nSPS) is 10.7. The molecule has 0 saturated carbocycles. The average molecular weight is 264 g/mol. The smallest absolute Gasteiger partial charge is 0.208 e. The monoisotopic (exact) mass is 264 g/mol. The van der Waals surface area contributed by atoms with Gasteiger partial charge in [-0.25, -0.2) is 9.37 Å². The molecule has 102 valence electrons. The predicted octanol–water partition coefficient (Wildman–Crippen LogP) is 2.67. The van der Waals surface area contributed by atoms with E-state index in [0.717, 1.165) is 12.2 Å². The third-order valence-electron chi connectivity index (χ3n) is 2.80. The summed E-state index contributed by atoms with van der Waals surface area (Å²) in [6, 6.07) is 4.81. The third-order valence-corrected chi connectivity index (χ3v) is 2.80. The summed E-state index contributed by atoms with van der Waals surface area (Å²) in [6.45, 7) is 2.90. The van der Waals surface area contributed by atoms with Gasteiger partial charge >= 0.3 is 0 Å². The Balaban J connectivity index is 1.88. The molecule has 5 heteroatoms. The van der Waals surface area contributed by atoms with Gasteiger partial charge in [-0.3, -0.25) is 0 Å². The van der Waals surface area contributed by atoms with Crippen LogP contribution in [0.15, 0.2) is 28.8 Å². The van der Waals surface area contributed by atoms with Gasteiger partial charge in [-0.1, -0.05) is 13.0 Å². The van der Waals surface area contributed by atoms with Crippen LogP contribution in [0.5, 0.6) is 5.75 Å². The highest BCUT2D eigenvalue weighted by Gasteiger charge is 2.05. The van der Waals surface area contributed by atoms with Crippen LogP contribution in [0.4, 0.5) is 4.39 Å². The van der Waals surface area contributed by atoms with E-state index in [0.29, 0.717) is 30.3 Å². The van der Waals surface area contributed by atoms with Gasteiger partial charge in [0.25, 0.3) is 0 Å². The second-order valence-electron chi connectivity index (χ2n) is 4.13. The number of nitrogens with zero attached hydrogens (tertiary/aromatic N) is 1. The lowest BCUT2D eigenvalue weighted by Crippen LogP contribution is -2.14. The largest absolute Gasteiger partial charge is 0.497 e. The summed E-state index contributed by atoms with van der Waals surface area (Å²) < 4.78 is 24.1. The molecule has 0 aliphatic heterocycles. The Morgan fingerprint density at radius 1 is 1.37 bits per heavy atom. The van der Waals surface area contributed by atoms with Crippen molar-refractivity contribution in [3.8, 4) is 5.75 Å². The van der Waals surface area contributed by atoms with Crippen molar-refractivity contribution < 1.29 is 13.5 Å². The molecule has 4 nitrogen and oxygen atoms in total. The molecule has 1 heterocycles. The van der Waals surface area contributed by atoms with E-state index in [2.05, 4.69) is 10.3 Å². The van der Waals surface area contributed by atoms with E-state index in [1.165, 1.54) is 13.2 Å². The van der Waals surface area contributed by atoms with Gasteiger partial charge in [-0.2, -0.15) is 0 Å². The molecule has 0 aliphatic rings. The van der Waals surface area contributed by atoms with Crippen LogP contribution in [0.3, 0.4) is 0 Å². The summed E-state index contributed by atoms with van der Waals surface area (Å²) in [5.74, 6) is 1.70. The average Bonchev–Trinajstić information content (AvgIpc) is 2.88. The SMILES string of the molecule is CCc1cnc(CNCc2ccc(OC)cc2F)o1. The first kappa shape index (κ1) is 13.5. The van der Waals surface area contributed by atoms with Gasteiger partial charge in [0.1, 0.15) is 17.3 Å². The molecular formula is C14H17FN2O2. The summed E-state index contributed by atoms with van der Waals surface area (Å²) in [4.78, 5) is 4.13. The maximum Gasteiger partial charge on any atom is 0.208 e. The van der Waals surface area contributed by atoms with E-state index in [-0.39, 0.29) is 5.82 Å². The Labute approximate surface area is 111 Å². The van der Waals surface area contributed by atoms with E-state index in [9.17, 15) is 4.39 Å². The van der Waals surface area contributed by atoms with Gasteiger partial charge in [0.05, 0.1) is 19.9 Å². The van der Waals surface area contributed by atoms with Crippen LogP contribution in [-0.2, 0) is 19.5 Å². The molecular weight excluding hydrogens is 247 g/mol. The topological polar surface area (TPSA) is 47.3 Å². The number of halogens is 1. The molecule has 0 aliphatic carbocycles. The van der Waals surface area contributed by atoms with Crippen LogP contribution >= 0.6 is 0 Å². The number of ether oxygens (including phenoxy) is 1. The Morgan fingerprint density at radius 2 is 2.21 bits per heavy atom. The highest BCUT2D eigenvalue weighted by atomic mass is 19.1. The second kappa shape index (κ2) is 6.33. The lowest BCUT2D eigenvalue weighted by atomic mass is 10.2. The molecule has 1 N–H and O–H groups in total. The molecule has 0 fully saturated rings. The molecule has 19 heavy (non-hydrogen) atoms. The summed E-state index contributed by atoms with van der Waals surface area (Å²) in [6.07, 6.45) is 2.53. The van der Waals surface area contributed by atoms with E-state index in [4.69, 9.17) is 9.15 Å². The molecule has 0 amide bonds. The first-order valence-electron chi connectivity index (χ1n) is 6.19. The maximum absolute atomic E-state index is 13.7. The first-order chi connectivity index (χ1) is 9.22. The van der Waals surface area contributed by atoms with Crippen LogP contribution in [0.2, 0.25) is 0 Å². The highest BCUT2D eigenvalue weighted by Crippen LogP contribution is 2.16. The number of aromatic nitrogens is 1. The maximum atomic E-state index is 13.7. The van der Waals surface area contributed by atoms with Gasteiger partial charge in [0.2, 0.25) is 5.89 Å². The number of hydrogen-bond acceptors (Lipinski definition) is 4. The molecule has 2 aromatic rings. The van der Waals surface area contributed by atoms with Crippen LogP contribution in [0, 0.1) is 5.82 Å². The van der Waals surface area contributed by atoms with Crippen molar-refractivity contribution in [1.29, 1.82) is 0 Å². The van der Waals surface area contributed by atoms with Crippen LogP contribution in [0.25, 0.3) is 0 Å². The lowest BCUT2D eigenvalue weighted by molar-refractivity contribution is 0.410. The highest BCUT2D eigenvalue weighted by molar-refractivity contribution is 5.28. The third kappa shape index (κ3) is 3.54. The lowest BCUT2D eigenvalue weighted by Gasteiger charge is -2.06. The second-order valence-corrected chi connectivity index (χ2v) is 4.13. The molecule has 0 radical (unpaired) electrons. The molecule has 1 aromatic heterocycles. The van der Waals surface area contributed by atoms with Gasteiger partial charge in [-0.05, 0) is 6.07 Å². The van der Waals surface area contributed by atoms with Gasteiger partial charge in [-0.15, -0.1) is 0 Å². The summed E-state index contributed by atoms with van der Waals surface area (Å²) in [5.41, 5.74) is 0.586. The zero-order valence-electron chi connectivity index (χ0n) is 11.1. The fraction of sp³-hybridized carbons (Fsp3) is 0.357. The number of methoxy groups -OCH3 is 1. The van der Waals surface area contributed by atoms with Crippen molar-refractivity contribution in [3.05, 3.63) is 47.4 Å². The Kier molecular flexibility index (Phi) is 4.52. The van der Waals surface area contributed by atoms with Crippen LogP contribution < -0.4 is 10.1 Å². The van der Waals surface area contributed by atoms with Crippen molar-refractivity contribution in [1.82, 2.24) is 10.3 Å². The standard InChI is InChI=1S/C14H17FN2O2/c1-3-11-8-17-14(19-11)9-16-7-10-4-5-12(18-2)6-13(10)15/h4-6,8,16H,3,7,9H2,1-2H3. The number of benzene rings is 1. The Hall–Kier alpha value is -1.88. The van der Waals surface area contributed by atoms with E-state index < -0.39 is 0 Å². The molecule has 0 atom stereocenters. The Morgan fingerprint density at radius 3 is 2.84 bits per heavy atom. The minimum absolute atomic E-state index is 0.284. The fourth-order valence-corrected chi connectivity index (χ4v) is 1.70. The quantitative estimate of drug-likeness (QED) is 0.871. The minimum atomic E-state index is -0.284. The van der Waals surface area contributed by atoms with Crippen LogP contribution in [-0.4, -0.2) is 12.1 Å².